The monoisotopic (exact) mass is 237 g/mol. The standard InChI is InChI=1S/C12H19N3O2/c1-8-7-11(14-13-8)15-6-4-3-5-10(9(15)2)12(16)17/h7,9-10H,3-6H2,1-2H3,(H,13,14)(H,16,17)/t9-,10+/m1/s1. The van der Waals surface area contributed by atoms with Gasteiger partial charge in [-0.2, -0.15) is 5.10 Å². The second-order valence-electron chi connectivity index (χ2n) is 4.78. The van der Waals surface area contributed by atoms with E-state index in [4.69, 9.17) is 0 Å². The summed E-state index contributed by atoms with van der Waals surface area (Å²) in [5.74, 6) is -0.130. The first-order chi connectivity index (χ1) is 8.09. The summed E-state index contributed by atoms with van der Waals surface area (Å²) in [5, 5.41) is 16.4. The maximum absolute atomic E-state index is 11.2. The molecule has 1 aliphatic heterocycles. The summed E-state index contributed by atoms with van der Waals surface area (Å²) in [5.41, 5.74) is 1.00. The summed E-state index contributed by atoms with van der Waals surface area (Å²) < 4.78 is 0. The number of aromatic nitrogens is 2. The van der Waals surface area contributed by atoms with Gasteiger partial charge in [0.15, 0.2) is 5.82 Å². The molecule has 0 bridgehead atoms. The fourth-order valence-electron chi connectivity index (χ4n) is 2.51. The van der Waals surface area contributed by atoms with Crippen molar-refractivity contribution in [2.45, 2.75) is 39.2 Å². The Morgan fingerprint density at radius 1 is 1.59 bits per heavy atom. The first kappa shape index (κ1) is 12.0. The quantitative estimate of drug-likeness (QED) is 0.823. The number of aliphatic carboxylic acids is 1. The minimum atomic E-state index is -0.698. The van der Waals surface area contributed by atoms with Crippen LogP contribution in [0.5, 0.6) is 0 Å². The largest absolute Gasteiger partial charge is 0.481 e. The van der Waals surface area contributed by atoms with Crippen molar-refractivity contribution in [1.29, 1.82) is 0 Å². The number of nitrogens with one attached hydrogen (secondary N) is 1. The highest BCUT2D eigenvalue weighted by Crippen LogP contribution is 2.27. The van der Waals surface area contributed by atoms with E-state index in [0.29, 0.717) is 0 Å². The Hall–Kier alpha value is -1.52. The molecule has 2 heterocycles. The number of anilines is 1. The molecule has 1 aromatic rings. The molecule has 1 aromatic heterocycles. The molecule has 17 heavy (non-hydrogen) atoms. The Balaban J connectivity index is 2.23. The van der Waals surface area contributed by atoms with Crippen molar-refractivity contribution >= 4 is 11.8 Å². The molecule has 0 amide bonds. The van der Waals surface area contributed by atoms with Gasteiger partial charge in [-0.1, -0.05) is 6.42 Å². The zero-order valence-corrected chi connectivity index (χ0v) is 10.3. The number of hydrogen-bond donors (Lipinski definition) is 2. The molecule has 0 saturated carbocycles. The number of aryl methyl sites for hydroxylation is 1. The molecule has 94 valence electrons. The lowest BCUT2D eigenvalue weighted by molar-refractivity contribution is -0.142. The SMILES string of the molecule is Cc1cc(N2CCCC[C@H](C(=O)O)[C@H]2C)n[nH]1. The number of rotatable bonds is 2. The van der Waals surface area contributed by atoms with E-state index in [9.17, 15) is 9.90 Å². The average Bonchev–Trinajstić information content (AvgIpc) is 2.58. The highest BCUT2D eigenvalue weighted by Gasteiger charge is 2.32. The Bertz CT molecular complexity index is 402. The van der Waals surface area contributed by atoms with E-state index in [1.807, 2.05) is 19.9 Å². The van der Waals surface area contributed by atoms with Gasteiger partial charge < -0.3 is 10.0 Å². The van der Waals surface area contributed by atoms with E-state index in [0.717, 1.165) is 37.3 Å². The van der Waals surface area contributed by atoms with Gasteiger partial charge in [0.25, 0.3) is 0 Å². The van der Waals surface area contributed by atoms with Crippen LogP contribution in [0.2, 0.25) is 0 Å². The molecule has 0 radical (unpaired) electrons. The Morgan fingerprint density at radius 2 is 2.35 bits per heavy atom. The fourth-order valence-corrected chi connectivity index (χ4v) is 2.51. The van der Waals surface area contributed by atoms with E-state index >= 15 is 0 Å². The van der Waals surface area contributed by atoms with Crippen molar-refractivity contribution in [3.63, 3.8) is 0 Å². The molecule has 2 atom stereocenters. The molecular formula is C12H19N3O2. The summed E-state index contributed by atoms with van der Waals surface area (Å²) in [7, 11) is 0. The zero-order valence-electron chi connectivity index (χ0n) is 10.3. The van der Waals surface area contributed by atoms with Crippen LogP contribution in [-0.4, -0.2) is 33.9 Å². The first-order valence-corrected chi connectivity index (χ1v) is 6.11. The van der Waals surface area contributed by atoms with Crippen molar-refractivity contribution in [3.05, 3.63) is 11.8 Å². The Kier molecular flexibility index (Phi) is 3.36. The summed E-state index contributed by atoms with van der Waals surface area (Å²) in [4.78, 5) is 13.4. The molecule has 1 saturated heterocycles. The van der Waals surface area contributed by atoms with Gasteiger partial charge in [-0.3, -0.25) is 9.89 Å². The average molecular weight is 237 g/mol. The Morgan fingerprint density at radius 3 is 2.94 bits per heavy atom. The third-order valence-corrected chi connectivity index (χ3v) is 3.54. The maximum atomic E-state index is 11.2. The maximum Gasteiger partial charge on any atom is 0.308 e. The van der Waals surface area contributed by atoms with Crippen molar-refractivity contribution < 1.29 is 9.90 Å². The zero-order chi connectivity index (χ0) is 12.4. The number of hydrogen-bond acceptors (Lipinski definition) is 3. The summed E-state index contributed by atoms with van der Waals surface area (Å²) in [6.07, 6.45) is 2.76. The molecule has 0 spiro atoms. The minimum absolute atomic E-state index is 0.00213. The van der Waals surface area contributed by atoms with Crippen LogP contribution in [0.3, 0.4) is 0 Å². The van der Waals surface area contributed by atoms with Crippen LogP contribution in [-0.2, 0) is 4.79 Å². The van der Waals surface area contributed by atoms with Gasteiger partial charge in [-0.05, 0) is 26.7 Å². The minimum Gasteiger partial charge on any atom is -0.481 e. The Labute approximate surface area is 101 Å². The molecule has 5 nitrogen and oxygen atoms in total. The summed E-state index contributed by atoms with van der Waals surface area (Å²) in [6.45, 7) is 4.82. The number of carbonyl (C=O) groups is 1. The van der Waals surface area contributed by atoms with Gasteiger partial charge >= 0.3 is 5.97 Å². The first-order valence-electron chi connectivity index (χ1n) is 6.11. The topological polar surface area (TPSA) is 69.2 Å². The second kappa shape index (κ2) is 4.77. The van der Waals surface area contributed by atoms with Crippen molar-refractivity contribution in [1.82, 2.24) is 10.2 Å². The predicted molar refractivity (Wildman–Crippen MR) is 65.1 cm³/mol. The lowest BCUT2D eigenvalue weighted by Crippen LogP contribution is -2.40. The third kappa shape index (κ3) is 2.43. The van der Waals surface area contributed by atoms with Crippen LogP contribution in [0.4, 0.5) is 5.82 Å². The molecule has 0 aromatic carbocycles. The van der Waals surface area contributed by atoms with Crippen LogP contribution in [0.25, 0.3) is 0 Å². The summed E-state index contributed by atoms with van der Waals surface area (Å²) in [6, 6.07) is 1.97. The van der Waals surface area contributed by atoms with Crippen molar-refractivity contribution in [3.8, 4) is 0 Å². The van der Waals surface area contributed by atoms with E-state index < -0.39 is 5.97 Å². The van der Waals surface area contributed by atoms with Crippen LogP contribution < -0.4 is 4.90 Å². The normalized spacial score (nSPS) is 25.6. The van der Waals surface area contributed by atoms with Gasteiger partial charge in [0.1, 0.15) is 0 Å². The highest BCUT2D eigenvalue weighted by atomic mass is 16.4. The van der Waals surface area contributed by atoms with Gasteiger partial charge in [0.2, 0.25) is 0 Å². The molecule has 5 heteroatoms. The van der Waals surface area contributed by atoms with E-state index in [2.05, 4.69) is 15.1 Å². The van der Waals surface area contributed by atoms with E-state index in [-0.39, 0.29) is 12.0 Å². The molecule has 1 fully saturated rings. The molecule has 2 rings (SSSR count). The molecular weight excluding hydrogens is 218 g/mol. The fraction of sp³-hybridized carbons (Fsp3) is 0.667. The molecule has 0 aliphatic carbocycles. The number of H-pyrrole nitrogens is 1. The second-order valence-corrected chi connectivity index (χ2v) is 4.78. The van der Waals surface area contributed by atoms with Gasteiger partial charge in [-0.15, -0.1) is 0 Å². The van der Waals surface area contributed by atoms with Crippen molar-refractivity contribution in [2.75, 3.05) is 11.4 Å². The van der Waals surface area contributed by atoms with E-state index in [1.54, 1.807) is 0 Å². The van der Waals surface area contributed by atoms with Crippen LogP contribution in [0.1, 0.15) is 31.9 Å². The number of nitrogens with zero attached hydrogens (tertiary/aromatic N) is 2. The van der Waals surface area contributed by atoms with Crippen molar-refractivity contribution in [2.24, 2.45) is 5.92 Å². The van der Waals surface area contributed by atoms with Crippen LogP contribution >= 0.6 is 0 Å². The third-order valence-electron chi connectivity index (χ3n) is 3.54. The van der Waals surface area contributed by atoms with Gasteiger partial charge in [0, 0.05) is 24.3 Å². The lowest BCUT2D eigenvalue weighted by atomic mass is 9.96. The number of carboxylic acid groups (broad SMARTS) is 1. The predicted octanol–water partition coefficient (Wildman–Crippen LogP) is 1.80. The summed E-state index contributed by atoms with van der Waals surface area (Å²) >= 11 is 0. The highest BCUT2D eigenvalue weighted by molar-refractivity contribution is 5.71. The number of carboxylic acids is 1. The van der Waals surface area contributed by atoms with E-state index in [1.165, 1.54) is 0 Å². The lowest BCUT2D eigenvalue weighted by Gasteiger charge is -2.30. The number of aromatic amines is 1. The molecule has 1 aliphatic rings. The molecule has 2 N–H and O–H groups in total. The molecule has 0 unspecified atom stereocenters. The smallest absolute Gasteiger partial charge is 0.308 e. The van der Waals surface area contributed by atoms with Gasteiger partial charge in [0.05, 0.1) is 5.92 Å². The van der Waals surface area contributed by atoms with Crippen LogP contribution in [0.15, 0.2) is 6.07 Å². The van der Waals surface area contributed by atoms with Crippen LogP contribution in [0, 0.1) is 12.8 Å². The van der Waals surface area contributed by atoms with Gasteiger partial charge in [-0.25, -0.2) is 0 Å².